The van der Waals surface area contributed by atoms with Crippen LogP contribution in [0, 0.1) is 0 Å². The lowest BCUT2D eigenvalue weighted by atomic mass is 9.98. The molecule has 3 nitrogen and oxygen atoms in total. The van der Waals surface area contributed by atoms with E-state index < -0.39 is 0 Å². The van der Waals surface area contributed by atoms with Gasteiger partial charge in [-0.15, -0.1) is 0 Å². The summed E-state index contributed by atoms with van der Waals surface area (Å²) in [6.07, 6.45) is 0.788. The van der Waals surface area contributed by atoms with Crippen LogP contribution < -0.4 is 10.2 Å². The quantitative estimate of drug-likeness (QED) is 0.710. The zero-order valence-electron chi connectivity index (χ0n) is 8.45. The summed E-state index contributed by atoms with van der Waals surface area (Å²) in [5.74, 6) is 0.145. The van der Waals surface area contributed by atoms with Crippen molar-refractivity contribution in [2.75, 3.05) is 19.0 Å². The van der Waals surface area contributed by atoms with Crippen LogP contribution in [0.15, 0.2) is 24.3 Å². The van der Waals surface area contributed by atoms with Crippen LogP contribution in [0.25, 0.3) is 0 Å². The molecule has 0 spiro atoms. The molecule has 1 amide bonds. The minimum Gasteiger partial charge on any atom is -0.314 e. The first-order valence-corrected chi connectivity index (χ1v) is 4.77. The van der Waals surface area contributed by atoms with Crippen molar-refractivity contribution >= 4 is 11.6 Å². The fraction of sp³-hybridized carbons (Fsp3) is 0.364. The Kier molecular flexibility index (Phi) is 2.25. The molecule has 2 rings (SSSR count). The topological polar surface area (TPSA) is 32.3 Å². The Morgan fingerprint density at radius 3 is 2.86 bits per heavy atom. The maximum atomic E-state index is 11.8. The predicted molar refractivity (Wildman–Crippen MR) is 56.4 cm³/mol. The average Bonchev–Trinajstić information content (AvgIpc) is 2.23. The first-order chi connectivity index (χ1) is 6.74. The van der Waals surface area contributed by atoms with Crippen molar-refractivity contribution in [3.63, 3.8) is 0 Å². The number of likely N-dealkylation sites (N-methyl/N-ethyl adjacent to an activating group) is 2. The second-order valence-electron chi connectivity index (χ2n) is 3.57. The average molecular weight is 190 g/mol. The normalized spacial score (nSPS) is 20.9. The molecule has 1 unspecified atom stereocenters. The highest BCUT2D eigenvalue weighted by Crippen LogP contribution is 2.25. The Labute approximate surface area is 83.7 Å². The molecule has 0 saturated carbocycles. The number of benzene rings is 1. The molecular weight excluding hydrogens is 176 g/mol. The van der Waals surface area contributed by atoms with Gasteiger partial charge in [-0.25, -0.2) is 0 Å². The number of nitrogens with zero attached hydrogens (tertiary/aromatic N) is 1. The second kappa shape index (κ2) is 3.42. The maximum Gasteiger partial charge on any atom is 0.244 e. The monoisotopic (exact) mass is 190 g/mol. The highest BCUT2D eigenvalue weighted by Gasteiger charge is 2.28. The van der Waals surface area contributed by atoms with Crippen LogP contribution in [-0.2, 0) is 11.2 Å². The molecule has 74 valence electrons. The van der Waals surface area contributed by atoms with E-state index in [1.165, 1.54) is 5.56 Å². The number of carbonyl (C=O) groups excluding carboxylic acids is 1. The van der Waals surface area contributed by atoms with E-state index in [4.69, 9.17) is 0 Å². The molecule has 0 aromatic heterocycles. The fourth-order valence-corrected chi connectivity index (χ4v) is 1.90. The summed E-state index contributed by atoms with van der Waals surface area (Å²) < 4.78 is 0. The van der Waals surface area contributed by atoms with Crippen molar-refractivity contribution < 1.29 is 4.79 Å². The van der Waals surface area contributed by atoms with Gasteiger partial charge in [0.05, 0.1) is 6.04 Å². The predicted octanol–water partition coefficient (Wildman–Crippen LogP) is 0.793. The third-order valence-corrected chi connectivity index (χ3v) is 2.75. The van der Waals surface area contributed by atoms with Crippen molar-refractivity contribution in [3.8, 4) is 0 Å². The van der Waals surface area contributed by atoms with Crippen LogP contribution in [0.1, 0.15) is 5.56 Å². The van der Waals surface area contributed by atoms with Crippen LogP contribution in [-0.4, -0.2) is 26.0 Å². The van der Waals surface area contributed by atoms with Gasteiger partial charge in [0, 0.05) is 12.7 Å². The molecule has 3 heteroatoms. The number of amides is 1. The summed E-state index contributed by atoms with van der Waals surface area (Å²) >= 11 is 0. The Bertz CT molecular complexity index is 362. The van der Waals surface area contributed by atoms with E-state index in [1.54, 1.807) is 4.90 Å². The summed E-state index contributed by atoms with van der Waals surface area (Å²) in [6, 6.07) is 7.95. The highest BCUT2D eigenvalue weighted by atomic mass is 16.2. The molecule has 1 N–H and O–H groups in total. The van der Waals surface area contributed by atoms with Gasteiger partial charge in [-0.2, -0.15) is 0 Å². The van der Waals surface area contributed by atoms with Gasteiger partial charge in [0.2, 0.25) is 5.91 Å². The van der Waals surface area contributed by atoms with Gasteiger partial charge in [-0.05, 0) is 25.1 Å². The van der Waals surface area contributed by atoms with E-state index in [0.29, 0.717) is 0 Å². The number of rotatable bonds is 1. The zero-order valence-corrected chi connectivity index (χ0v) is 8.45. The Hall–Kier alpha value is -1.35. The first-order valence-electron chi connectivity index (χ1n) is 4.77. The molecule has 0 saturated heterocycles. The Morgan fingerprint density at radius 1 is 1.43 bits per heavy atom. The molecule has 1 aromatic rings. The molecular formula is C11H14N2O. The summed E-state index contributed by atoms with van der Waals surface area (Å²) in [7, 11) is 3.65. The SMILES string of the molecule is CNC1Cc2ccccc2N(C)C1=O. The van der Waals surface area contributed by atoms with Crippen molar-refractivity contribution in [1.82, 2.24) is 5.32 Å². The summed E-state index contributed by atoms with van der Waals surface area (Å²) in [6.45, 7) is 0. The Balaban J connectivity index is 2.42. The molecule has 1 heterocycles. The summed E-state index contributed by atoms with van der Waals surface area (Å²) in [5.41, 5.74) is 2.26. The smallest absolute Gasteiger partial charge is 0.244 e. The Morgan fingerprint density at radius 2 is 2.14 bits per heavy atom. The van der Waals surface area contributed by atoms with Gasteiger partial charge in [0.25, 0.3) is 0 Å². The maximum absolute atomic E-state index is 11.8. The van der Waals surface area contributed by atoms with Gasteiger partial charge >= 0.3 is 0 Å². The molecule has 0 fully saturated rings. The third-order valence-electron chi connectivity index (χ3n) is 2.75. The fourth-order valence-electron chi connectivity index (χ4n) is 1.90. The van der Waals surface area contributed by atoms with E-state index in [-0.39, 0.29) is 11.9 Å². The standard InChI is InChI=1S/C11H14N2O/c1-12-9-7-8-5-3-4-6-10(8)13(2)11(9)14/h3-6,9,12H,7H2,1-2H3. The number of carbonyl (C=O) groups is 1. The summed E-state index contributed by atoms with van der Waals surface area (Å²) in [5, 5.41) is 3.03. The summed E-state index contributed by atoms with van der Waals surface area (Å²) in [4.78, 5) is 13.5. The number of anilines is 1. The number of hydrogen-bond donors (Lipinski definition) is 1. The largest absolute Gasteiger partial charge is 0.314 e. The second-order valence-corrected chi connectivity index (χ2v) is 3.57. The van der Waals surface area contributed by atoms with Crippen molar-refractivity contribution in [2.24, 2.45) is 0 Å². The molecule has 14 heavy (non-hydrogen) atoms. The van der Waals surface area contributed by atoms with Gasteiger partial charge in [-0.3, -0.25) is 4.79 Å². The van der Waals surface area contributed by atoms with Crippen molar-refractivity contribution in [2.45, 2.75) is 12.5 Å². The molecule has 1 atom stereocenters. The molecule has 1 aromatic carbocycles. The number of nitrogens with one attached hydrogen (secondary N) is 1. The first kappa shape index (κ1) is 9.21. The number of fused-ring (bicyclic) bond motifs is 1. The molecule has 0 bridgehead atoms. The van der Waals surface area contributed by atoms with Crippen molar-refractivity contribution in [1.29, 1.82) is 0 Å². The van der Waals surface area contributed by atoms with Gasteiger partial charge < -0.3 is 10.2 Å². The minimum absolute atomic E-state index is 0.0742. The highest BCUT2D eigenvalue weighted by molar-refractivity contribution is 5.99. The van der Waals surface area contributed by atoms with E-state index in [0.717, 1.165) is 12.1 Å². The lowest BCUT2D eigenvalue weighted by Gasteiger charge is -2.31. The van der Waals surface area contributed by atoms with Crippen molar-refractivity contribution in [3.05, 3.63) is 29.8 Å². The van der Waals surface area contributed by atoms with Crippen LogP contribution in [0.3, 0.4) is 0 Å². The zero-order chi connectivity index (χ0) is 10.1. The van der Waals surface area contributed by atoms with Gasteiger partial charge in [0.1, 0.15) is 0 Å². The molecule has 0 aliphatic carbocycles. The van der Waals surface area contributed by atoms with Crippen LogP contribution in [0.2, 0.25) is 0 Å². The van der Waals surface area contributed by atoms with Gasteiger partial charge in [0.15, 0.2) is 0 Å². The number of hydrogen-bond acceptors (Lipinski definition) is 2. The van der Waals surface area contributed by atoms with E-state index in [1.807, 2.05) is 32.3 Å². The number of para-hydroxylation sites is 1. The van der Waals surface area contributed by atoms with Crippen LogP contribution in [0.4, 0.5) is 5.69 Å². The lowest BCUT2D eigenvalue weighted by molar-refractivity contribution is -0.120. The third kappa shape index (κ3) is 1.30. The van der Waals surface area contributed by atoms with E-state index in [9.17, 15) is 4.79 Å². The lowest BCUT2D eigenvalue weighted by Crippen LogP contribution is -2.48. The van der Waals surface area contributed by atoms with Crippen LogP contribution in [0.5, 0.6) is 0 Å². The van der Waals surface area contributed by atoms with E-state index >= 15 is 0 Å². The van der Waals surface area contributed by atoms with E-state index in [2.05, 4.69) is 11.4 Å². The molecule has 1 aliphatic rings. The van der Waals surface area contributed by atoms with Crippen LogP contribution >= 0.6 is 0 Å². The van der Waals surface area contributed by atoms with Gasteiger partial charge in [-0.1, -0.05) is 18.2 Å². The minimum atomic E-state index is -0.0742. The molecule has 0 radical (unpaired) electrons. The molecule has 1 aliphatic heterocycles.